The van der Waals surface area contributed by atoms with E-state index in [-0.39, 0.29) is 65.2 Å². The van der Waals surface area contributed by atoms with E-state index in [0.717, 1.165) is 7.11 Å². The van der Waals surface area contributed by atoms with Crippen molar-refractivity contribution >= 4 is 80.6 Å². The molecule has 0 saturated heterocycles. The summed E-state index contributed by atoms with van der Waals surface area (Å²) in [6.07, 6.45) is 1.74. The molecular weight excluding hydrogens is 959 g/mol. The average molecular weight is 991 g/mol. The second-order valence-corrected chi connectivity index (χ2v) is 17.0. The van der Waals surface area contributed by atoms with E-state index in [0.29, 0.717) is 22.6 Å². The number of methoxy groups -OCH3 is 3. The zero-order valence-electron chi connectivity index (χ0n) is 33.7. The number of ether oxygens (including phenoxy) is 6. The fraction of sp³-hybridized carbons (Fsp3) is 0.130. The average Bonchev–Trinajstić information content (AvgIpc) is 3.64. The number of hydrogen-bond acceptors (Lipinski definition) is 11. The van der Waals surface area contributed by atoms with Crippen LogP contribution >= 0.6 is 46.4 Å². The summed E-state index contributed by atoms with van der Waals surface area (Å²) >= 11 is 25.4. The SMILES string of the molecule is COc1ccc(/C=C/c2c(OS(=O)(=O)C(F)(F)F)c(OC)cc3c2[C@@H](c2cc(OC(=O)c4c(Cl)cccc4Cl)cc(OC(=O)c4c(Cl)cccc4Cl)c2)C(c2ccc(OC)cc2)O3)cc1. The van der Waals surface area contributed by atoms with Gasteiger partial charge in [-0.25, -0.2) is 9.59 Å². The zero-order chi connectivity index (χ0) is 46.8. The molecule has 0 spiro atoms. The van der Waals surface area contributed by atoms with Crippen molar-refractivity contribution in [3.8, 4) is 40.2 Å². The molecule has 0 fully saturated rings. The number of halogens is 7. The number of alkyl halides is 3. The van der Waals surface area contributed by atoms with Gasteiger partial charge in [0.2, 0.25) is 0 Å². The van der Waals surface area contributed by atoms with Crippen molar-refractivity contribution in [2.24, 2.45) is 0 Å². The van der Waals surface area contributed by atoms with Crippen LogP contribution in [0.4, 0.5) is 13.2 Å². The largest absolute Gasteiger partial charge is 0.534 e. The molecule has 19 heteroatoms. The van der Waals surface area contributed by atoms with Crippen molar-refractivity contribution in [3.05, 3.63) is 168 Å². The van der Waals surface area contributed by atoms with Gasteiger partial charge in [-0.15, -0.1) is 0 Å². The molecular formula is C46H31Cl4F3O11S. The number of fused-ring (bicyclic) bond motifs is 1. The summed E-state index contributed by atoms with van der Waals surface area (Å²) in [7, 11) is -2.29. The second-order valence-electron chi connectivity index (χ2n) is 13.8. The molecule has 0 radical (unpaired) electrons. The molecule has 0 bridgehead atoms. The van der Waals surface area contributed by atoms with Crippen molar-refractivity contribution in [2.75, 3.05) is 21.3 Å². The number of carbonyl (C=O) groups excluding carboxylic acids is 2. The number of carbonyl (C=O) groups is 2. The molecule has 1 unspecified atom stereocenters. The topological polar surface area (TPSA) is 133 Å². The molecule has 0 amide bonds. The summed E-state index contributed by atoms with van der Waals surface area (Å²) in [5.41, 5.74) is -5.26. The standard InChI is InChI=1S/C46H31Cl4F3O11S/c1-58-27-15-10-24(11-16-27)12-19-31-39-36(23-37(60-3)43(31)64-65(56,57)46(51,52)53)63-42(25-13-17-28(59-2)18-14-25)38(39)26-20-29(61-44(54)40-32(47)6-4-7-33(40)48)22-30(21-26)62-45(55)41-34(49)8-5-9-35(41)50/h4-23,38,42H,1-3H3/b19-12+/t38-,42?/m1/s1. The summed E-state index contributed by atoms with van der Waals surface area (Å²) < 4.78 is 107. The maximum absolute atomic E-state index is 14.1. The van der Waals surface area contributed by atoms with E-state index >= 15 is 0 Å². The molecule has 6 aromatic rings. The quantitative estimate of drug-likeness (QED) is 0.0360. The summed E-state index contributed by atoms with van der Waals surface area (Å²) in [6, 6.07) is 27.0. The molecule has 0 aromatic heterocycles. The Balaban J connectivity index is 1.50. The van der Waals surface area contributed by atoms with E-state index in [9.17, 15) is 31.2 Å². The minimum absolute atomic E-state index is 0.0189. The molecule has 1 heterocycles. The van der Waals surface area contributed by atoms with Crippen LogP contribution in [0, 0.1) is 0 Å². The number of benzene rings is 6. The summed E-state index contributed by atoms with van der Waals surface area (Å²) in [5, 5.41) is -0.167. The van der Waals surface area contributed by atoms with Crippen molar-refractivity contribution in [1.29, 1.82) is 0 Å². The highest BCUT2D eigenvalue weighted by atomic mass is 35.5. The summed E-state index contributed by atoms with van der Waals surface area (Å²) in [5.74, 6) is -3.95. The Kier molecular flexibility index (Phi) is 13.8. The molecule has 0 N–H and O–H groups in total. The predicted molar refractivity (Wildman–Crippen MR) is 238 cm³/mol. The Hall–Kier alpha value is -6.10. The third-order valence-corrected chi connectivity index (χ3v) is 12.1. The maximum Gasteiger partial charge on any atom is 0.534 e. The minimum atomic E-state index is -6.32. The predicted octanol–water partition coefficient (Wildman–Crippen LogP) is 12.4. The summed E-state index contributed by atoms with van der Waals surface area (Å²) in [4.78, 5) is 27.5. The molecule has 336 valence electrons. The molecule has 6 aromatic carbocycles. The first-order chi connectivity index (χ1) is 30.9. The first-order valence-electron chi connectivity index (χ1n) is 18.8. The molecule has 1 aliphatic rings. The lowest BCUT2D eigenvalue weighted by molar-refractivity contribution is -0.0500. The fourth-order valence-electron chi connectivity index (χ4n) is 6.87. The van der Waals surface area contributed by atoms with Crippen LogP contribution in [0.25, 0.3) is 12.2 Å². The Morgan fingerprint density at radius 3 is 1.58 bits per heavy atom. The lowest BCUT2D eigenvalue weighted by Crippen LogP contribution is -2.28. The molecule has 0 saturated carbocycles. The second kappa shape index (κ2) is 19.2. The van der Waals surface area contributed by atoms with E-state index in [4.69, 9.17) is 79.0 Å². The molecule has 0 aliphatic carbocycles. The van der Waals surface area contributed by atoms with E-state index in [2.05, 4.69) is 0 Å². The Bertz CT molecular complexity index is 2820. The molecule has 11 nitrogen and oxygen atoms in total. The monoisotopic (exact) mass is 988 g/mol. The number of rotatable bonds is 13. The highest BCUT2D eigenvalue weighted by Crippen LogP contribution is 2.57. The molecule has 65 heavy (non-hydrogen) atoms. The third-order valence-electron chi connectivity index (χ3n) is 9.87. The fourth-order valence-corrected chi connectivity index (χ4v) is 8.46. The van der Waals surface area contributed by atoms with Gasteiger partial charge < -0.3 is 32.6 Å². The van der Waals surface area contributed by atoms with Gasteiger partial charge in [0.25, 0.3) is 0 Å². The van der Waals surface area contributed by atoms with Crippen LogP contribution in [0.5, 0.6) is 40.2 Å². The highest BCUT2D eigenvalue weighted by molar-refractivity contribution is 7.88. The van der Waals surface area contributed by atoms with Gasteiger partial charge in [0.1, 0.15) is 34.9 Å². The molecule has 7 rings (SSSR count). The zero-order valence-corrected chi connectivity index (χ0v) is 37.6. The first kappa shape index (κ1) is 46.9. The Labute approximate surface area is 389 Å². The van der Waals surface area contributed by atoms with Crippen LogP contribution in [0.1, 0.15) is 60.6 Å². The van der Waals surface area contributed by atoms with Gasteiger partial charge in [-0.3, -0.25) is 0 Å². The van der Waals surface area contributed by atoms with E-state index < -0.39 is 51.1 Å². The van der Waals surface area contributed by atoms with Crippen LogP contribution in [0.15, 0.2) is 109 Å². The van der Waals surface area contributed by atoms with Crippen LogP contribution in [-0.4, -0.2) is 47.2 Å². The molecule has 2 atom stereocenters. The first-order valence-corrected chi connectivity index (χ1v) is 21.7. The van der Waals surface area contributed by atoms with Gasteiger partial charge in [-0.2, -0.15) is 21.6 Å². The van der Waals surface area contributed by atoms with Crippen LogP contribution in [-0.2, 0) is 10.1 Å². The van der Waals surface area contributed by atoms with Gasteiger partial charge in [-0.1, -0.05) is 95.0 Å². The van der Waals surface area contributed by atoms with Crippen molar-refractivity contribution in [2.45, 2.75) is 17.5 Å². The van der Waals surface area contributed by atoms with Crippen LogP contribution in [0.2, 0.25) is 20.1 Å². The van der Waals surface area contributed by atoms with Crippen molar-refractivity contribution in [1.82, 2.24) is 0 Å². The lowest BCUT2D eigenvalue weighted by Gasteiger charge is -2.23. The third kappa shape index (κ3) is 9.94. The summed E-state index contributed by atoms with van der Waals surface area (Å²) in [6.45, 7) is 0. The van der Waals surface area contributed by atoms with E-state index in [1.54, 1.807) is 48.5 Å². The van der Waals surface area contributed by atoms with Crippen LogP contribution in [0.3, 0.4) is 0 Å². The van der Waals surface area contributed by atoms with Crippen molar-refractivity contribution in [3.63, 3.8) is 0 Å². The Morgan fingerprint density at radius 2 is 1.12 bits per heavy atom. The molecule has 1 aliphatic heterocycles. The Morgan fingerprint density at radius 1 is 0.631 bits per heavy atom. The van der Waals surface area contributed by atoms with Crippen LogP contribution < -0.4 is 32.6 Å². The number of esters is 2. The highest BCUT2D eigenvalue weighted by Gasteiger charge is 2.50. The normalized spacial score (nSPS) is 14.6. The van der Waals surface area contributed by atoms with Gasteiger partial charge in [0.05, 0.1) is 58.5 Å². The lowest BCUT2D eigenvalue weighted by atomic mass is 9.82. The van der Waals surface area contributed by atoms with Gasteiger partial charge in [0, 0.05) is 23.3 Å². The van der Waals surface area contributed by atoms with Gasteiger partial charge in [-0.05, 0) is 77.4 Å². The maximum atomic E-state index is 14.1. The minimum Gasteiger partial charge on any atom is -0.497 e. The van der Waals surface area contributed by atoms with E-state index in [1.165, 1.54) is 87.0 Å². The van der Waals surface area contributed by atoms with Gasteiger partial charge >= 0.3 is 27.6 Å². The number of hydrogen-bond donors (Lipinski definition) is 0. The smallest absolute Gasteiger partial charge is 0.497 e. The van der Waals surface area contributed by atoms with Crippen molar-refractivity contribution < 1.29 is 63.8 Å². The van der Waals surface area contributed by atoms with Gasteiger partial charge in [0.15, 0.2) is 11.5 Å². The van der Waals surface area contributed by atoms with E-state index in [1.807, 2.05) is 0 Å².